The highest BCUT2D eigenvalue weighted by molar-refractivity contribution is 7.98. The highest BCUT2D eigenvalue weighted by atomic mass is 32.2. The first-order valence-corrected chi connectivity index (χ1v) is 9.12. The van der Waals surface area contributed by atoms with Crippen LogP contribution in [0.4, 0.5) is 0 Å². The zero-order chi connectivity index (χ0) is 14.4. The summed E-state index contributed by atoms with van der Waals surface area (Å²) in [7, 11) is 0. The Morgan fingerprint density at radius 1 is 1.20 bits per heavy atom. The van der Waals surface area contributed by atoms with Gasteiger partial charge in [0, 0.05) is 23.5 Å². The summed E-state index contributed by atoms with van der Waals surface area (Å²) in [6.07, 6.45) is 8.97. The van der Waals surface area contributed by atoms with Gasteiger partial charge in [-0.3, -0.25) is 4.90 Å². The van der Waals surface area contributed by atoms with E-state index in [1.165, 1.54) is 42.6 Å². The Kier molecular flexibility index (Phi) is 6.40. The molecule has 1 unspecified atom stereocenters. The minimum Gasteiger partial charge on any atom is -0.329 e. The van der Waals surface area contributed by atoms with Crippen LogP contribution < -0.4 is 5.73 Å². The Labute approximate surface area is 128 Å². The van der Waals surface area contributed by atoms with Crippen molar-refractivity contribution in [1.29, 1.82) is 0 Å². The summed E-state index contributed by atoms with van der Waals surface area (Å²) < 4.78 is 0. The first kappa shape index (κ1) is 15.9. The lowest BCUT2D eigenvalue weighted by Gasteiger charge is -2.39. The molecule has 1 aromatic rings. The Balaban J connectivity index is 2.14. The first-order valence-electron chi connectivity index (χ1n) is 7.90. The Morgan fingerprint density at radius 3 is 2.35 bits per heavy atom. The van der Waals surface area contributed by atoms with E-state index in [4.69, 9.17) is 5.73 Å². The molecule has 1 saturated carbocycles. The van der Waals surface area contributed by atoms with E-state index in [9.17, 15) is 0 Å². The molecule has 0 radical (unpaired) electrons. The maximum absolute atomic E-state index is 6.11. The van der Waals surface area contributed by atoms with Crippen LogP contribution in [0.3, 0.4) is 0 Å². The number of hydrogen-bond acceptors (Lipinski definition) is 3. The van der Waals surface area contributed by atoms with Gasteiger partial charge in [-0.1, -0.05) is 38.3 Å². The van der Waals surface area contributed by atoms with Gasteiger partial charge in [-0.15, -0.1) is 11.8 Å². The molecule has 0 amide bonds. The SMILES string of the molecule is CCN(C1CCCCC1)C(CN)c1ccc(SC)cc1. The fourth-order valence-electron chi connectivity index (χ4n) is 3.43. The van der Waals surface area contributed by atoms with Crippen molar-refractivity contribution in [3.63, 3.8) is 0 Å². The second-order valence-electron chi connectivity index (χ2n) is 5.65. The van der Waals surface area contributed by atoms with Crippen LogP contribution in [0.5, 0.6) is 0 Å². The number of nitrogens with zero attached hydrogens (tertiary/aromatic N) is 1. The second-order valence-corrected chi connectivity index (χ2v) is 6.53. The third-order valence-electron chi connectivity index (χ3n) is 4.53. The zero-order valence-corrected chi connectivity index (χ0v) is 13.7. The maximum atomic E-state index is 6.11. The highest BCUT2D eigenvalue weighted by Crippen LogP contribution is 2.30. The number of thioether (sulfide) groups is 1. The van der Waals surface area contributed by atoms with E-state index >= 15 is 0 Å². The van der Waals surface area contributed by atoms with Crippen molar-refractivity contribution in [2.75, 3.05) is 19.3 Å². The summed E-state index contributed by atoms with van der Waals surface area (Å²) >= 11 is 1.79. The van der Waals surface area contributed by atoms with Crippen molar-refractivity contribution in [2.24, 2.45) is 5.73 Å². The van der Waals surface area contributed by atoms with Crippen molar-refractivity contribution in [1.82, 2.24) is 4.90 Å². The van der Waals surface area contributed by atoms with Crippen LogP contribution in [0.2, 0.25) is 0 Å². The van der Waals surface area contributed by atoms with Crippen LogP contribution in [-0.2, 0) is 0 Å². The molecule has 112 valence electrons. The average molecular weight is 292 g/mol. The summed E-state index contributed by atoms with van der Waals surface area (Å²) in [5.41, 5.74) is 7.48. The molecule has 0 aliphatic heterocycles. The summed E-state index contributed by atoms with van der Waals surface area (Å²) in [5.74, 6) is 0. The predicted octanol–water partition coefficient (Wildman–Crippen LogP) is 4.06. The topological polar surface area (TPSA) is 29.3 Å². The Bertz CT molecular complexity index is 384. The van der Waals surface area contributed by atoms with Gasteiger partial charge in [-0.05, 0) is 43.3 Å². The third-order valence-corrected chi connectivity index (χ3v) is 5.28. The molecular formula is C17H28N2S. The summed E-state index contributed by atoms with van der Waals surface area (Å²) in [6.45, 7) is 4.08. The van der Waals surface area contributed by atoms with Gasteiger partial charge in [-0.2, -0.15) is 0 Å². The van der Waals surface area contributed by atoms with Crippen LogP contribution in [-0.4, -0.2) is 30.3 Å². The highest BCUT2D eigenvalue weighted by Gasteiger charge is 2.26. The lowest BCUT2D eigenvalue weighted by molar-refractivity contribution is 0.114. The van der Waals surface area contributed by atoms with Gasteiger partial charge in [0.2, 0.25) is 0 Å². The average Bonchev–Trinajstić information content (AvgIpc) is 2.53. The van der Waals surface area contributed by atoms with Crippen LogP contribution in [0.1, 0.15) is 50.6 Å². The van der Waals surface area contributed by atoms with E-state index < -0.39 is 0 Å². The van der Waals surface area contributed by atoms with Crippen LogP contribution >= 0.6 is 11.8 Å². The molecule has 1 fully saturated rings. The largest absolute Gasteiger partial charge is 0.329 e. The molecule has 2 rings (SSSR count). The summed E-state index contributed by atoms with van der Waals surface area (Å²) in [5, 5.41) is 0. The molecule has 1 atom stereocenters. The van der Waals surface area contributed by atoms with E-state index in [1.54, 1.807) is 11.8 Å². The summed E-state index contributed by atoms with van der Waals surface area (Å²) in [4.78, 5) is 3.96. The molecule has 3 heteroatoms. The lowest BCUT2D eigenvalue weighted by atomic mass is 9.92. The van der Waals surface area contributed by atoms with Crippen LogP contribution in [0, 0.1) is 0 Å². The quantitative estimate of drug-likeness (QED) is 0.802. The Hall–Kier alpha value is -0.510. The van der Waals surface area contributed by atoms with Gasteiger partial charge in [0.15, 0.2) is 0 Å². The molecule has 0 saturated heterocycles. The van der Waals surface area contributed by atoms with Gasteiger partial charge in [-0.25, -0.2) is 0 Å². The molecule has 2 N–H and O–H groups in total. The van der Waals surface area contributed by atoms with Crippen molar-refractivity contribution >= 4 is 11.8 Å². The molecule has 1 aromatic carbocycles. The van der Waals surface area contributed by atoms with Crippen LogP contribution in [0.25, 0.3) is 0 Å². The zero-order valence-electron chi connectivity index (χ0n) is 12.8. The molecule has 0 spiro atoms. The lowest BCUT2D eigenvalue weighted by Crippen LogP contribution is -2.42. The molecule has 1 aliphatic carbocycles. The standard InChI is InChI=1S/C17H28N2S/c1-3-19(15-7-5-4-6-8-15)17(13-18)14-9-11-16(20-2)12-10-14/h9-12,15,17H,3-8,13,18H2,1-2H3. The minimum atomic E-state index is 0.374. The predicted molar refractivity (Wildman–Crippen MR) is 89.3 cm³/mol. The fourth-order valence-corrected chi connectivity index (χ4v) is 3.84. The number of rotatable bonds is 6. The van der Waals surface area contributed by atoms with Gasteiger partial charge >= 0.3 is 0 Å². The smallest absolute Gasteiger partial charge is 0.0473 e. The molecule has 0 heterocycles. The van der Waals surface area contributed by atoms with Gasteiger partial charge in [0.1, 0.15) is 0 Å². The van der Waals surface area contributed by atoms with Gasteiger partial charge < -0.3 is 5.73 Å². The summed E-state index contributed by atoms with van der Waals surface area (Å²) in [6, 6.07) is 10.1. The second kappa shape index (κ2) is 8.06. The van der Waals surface area contributed by atoms with Crippen LogP contribution in [0.15, 0.2) is 29.2 Å². The number of likely N-dealkylation sites (N-methyl/N-ethyl adjacent to an activating group) is 1. The van der Waals surface area contributed by atoms with E-state index in [1.807, 2.05) is 0 Å². The number of benzene rings is 1. The molecule has 20 heavy (non-hydrogen) atoms. The molecule has 2 nitrogen and oxygen atoms in total. The first-order chi connectivity index (χ1) is 9.80. The van der Waals surface area contributed by atoms with Crippen molar-refractivity contribution in [3.8, 4) is 0 Å². The van der Waals surface area contributed by atoms with Gasteiger partial charge in [0.25, 0.3) is 0 Å². The van der Waals surface area contributed by atoms with E-state index in [0.717, 1.165) is 12.6 Å². The van der Waals surface area contributed by atoms with E-state index in [0.29, 0.717) is 12.6 Å². The fraction of sp³-hybridized carbons (Fsp3) is 0.647. The minimum absolute atomic E-state index is 0.374. The number of nitrogens with two attached hydrogens (primary N) is 1. The molecular weight excluding hydrogens is 264 g/mol. The molecule has 1 aliphatic rings. The van der Waals surface area contributed by atoms with Crippen molar-refractivity contribution in [3.05, 3.63) is 29.8 Å². The van der Waals surface area contributed by atoms with E-state index in [2.05, 4.69) is 42.3 Å². The van der Waals surface area contributed by atoms with Crippen molar-refractivity contribution in [2.45, 2.75) is 56.0 Å². The third kappa shape index (κ3) is 3.78. The van der Waals surface area contributed by atoms with Gasteiger partial charge in [0.05, 0.1) is 0 Å². The normalized spacial score (nSPS) is 18.4. The number of hydrogen-bond donors (Lipinski definition) is 1. The maximum Gasteiger partial charge on any atom is 0.0473 e. The Morgan fingerprint density at radius 2 is 1.85 bits per heavy atom. The van der Waals surface area contributed by atoms with Crippen molar-refractivity contribution < 1.29 is 0 Å². The molecule has 0 bridgehead atoms. The van der Waals surface area contributed by atoms with E-state index in [-0.39, 0.29) is 0 Å². The molecule has 0 aromatic heterocycles. The monoisotopic (exact) mass is 292 g/mol.